The number of hydrogen-bond acceptors (Lipinski definition) is 6. The molecular formula is C41H76N2O7. The topological polar surface area (TPSA) is 142 Å². The standard InChI is InChI=1S/C41H76N2O7/c1-3-5-7-9-10-11-12-13-14-15-16-17-18-19-20-21-23-29-33-40(47)50-36(30-26-22-8-6-4-2)31-27-24-25-28-32-38(45)42-34-39(46)43-37(35-44)41(48)49/h26,30,36-37,44H,3-25,27-29,31-35H2,1-2H3,(H,42,45)(H,43,46)(H,48,49)/b30-26-. The summed E-state index contributed by atoms with van der Waals surface area (Å²) in [7, 11) is 0. The molecule has 0 heterocycles. The lowest BCUT2D eigenvalue weighted by Crippen LogP contribution is -2.47. The number of amides is 2. The van der Waals surface area contributed by atoms with Crippen LogP contribution in [0.25, 0.3) is 0 Å². The van der Waals surface area contributed by atoms with E-state index in [1.165, 1.54) is 116 Å². The third-order valence-corrected chi connectivity index (χ3v) is 9.25. The Hall–Kier alpha value is -2.42. The van der Waals surface area contributed by atoms with Gasteiger partial charge in [0.1, 0.15) is 12.1 Å². The van der Waals surface area contributed by atoms with Gasteiger partial charge in [-0.05, 0) is 44.6 Å². The summed E-state index contributed by atoms with van der Waals surface area (Å²) in [5.41, 5.74) is 0. The van der Waals surface area contributed by atoms with Crippen LogP contribution in [0.2, 0.25) is 0 Å². The van der Waals surface area contributed by atoms with Gasteiger partial charge in [-0.3, -0.25) is 14.4 Å². The van der Waals surface area contributed by atoms with Gasteiger partial charge in [0.15, 0.2) is 0 Å². The minimum absolute atomic E-state index is 0.112. The van der Waals surface area contributed by atoms with Crippen LogP contribution in [-0.2, 0) is 23.9 Å². The first-order valence-electron chi connectivity index (χ1n) is 20.6. The normalized spacial score (nSPS) is 12.5. The van der Waals surface area contributed by atoms with E-state index in [1.807, 2.05) is 6.08 Å². The molecule has 0 aliphatic carbocycles. The van der Waals surface area contributed by atoms with Crippen molar-refractivity contribution in [2.24, 2.45) is 0 Å². The summed E-state index contributed by atoms with van der Waals surface area (Å²) >= 11 is 0. The number of aliphatic hydroxyl groups is 1. The number of ether oxygens (including phenoxy) is 1. The van der Waals surface area contributed by atoms with Crippen LogP contribution >= 0.6 is 0 Å². The van der Waals surface area contributed by atoms with E-state index in [9.17, 15) is 19.2 Å². The van der Waals surface area contributed by atoms with Gasteiger partial charge in [0.25, 0.3) is 0 Å². The number of hydrogen-bond donors (Lipinski definition) is 4. The van der Waals surface area contributed by atoms with Crippen molar-refractivity contribution < 1.29 is 34.1 Å². The molecule has 0 aliphatic rings. The molecule has 0 bridgehead atoms. The number of carbonyl (C=O) groups is 4. The summed E-state index contributed by atoms with van der Waals surface area (Å²) < 4.78 is 5.86. The highest BCUT2D eigenvalue weighted by molar-refractivity contribution is 5.87. The molecule has 292 valence electrons. The SMILES string of the molecule is CCCCC/C=C\C(CCCCCCC(=O)NCC(=O)NC(CO)C(=O)O)OC(=O)CCCCCCCCCCCCCCCCCCCC. The number of carboxylic acid groups (broad SMARTS) is 1. The summed E-state index contributed by atoms with van der Waals surface area (Å²) in [6, 6.07) is -1.39. The minimum Gasteiger partial charge on any atom is -0.480 e. The van der Waals surface area contributed by atoms with Crippen molar-refractivity contribution in [1.82, 2.24) is 10.6 Å². The van der Waals surface area contributed by atoms with Crippen LogP contribution in [0.4, 0.5) is 0 Å². The molecule has 50 heavy (non-hydrogen) atoms. The first-order chi connectivity index (χ1) is 24.3. The lowest BCUT2D eigenvalue weighted by molar-refractivity contribution is -0.147. The molecule has 2 amide bonds. The Bertz CT molecular complexity index is 864. The van der Waals surface area contributed by atoms with Crippen LogP contribution in [0.1, 0.15) is 200 Å². The third-order valence-electron chi connectivity index (χ3n) is 9.25. The molecule has 9 heteroatoms. The molecule has 0 radical (unpaired) electrons. The first kappa shape index (κ1) is 47.6. The minimum atomic E-state index is -1.39. The van der Waals surface area contributed by atoms with E-state index in [-0.39, 0.29) is 30.9 Å². The van der Waals surface area contributed by atoms with Crippen molar-refractivity contribution in [1.29, 1.82) is 0 Å². The van der Waals surface area contributed by atoms with Gasteiger partial charge in [0.2, 0.25) is 11.8 Å². The highest BCUT2D eigenvalue weighted by Gasteiger charge is 2.18. The Morgan fingerprint density at radius 3 is 1.56 bits per heavy atom. The highest BCUT2D eigenvalue weighted by atomic mass is 16.5. The maximum Gasteiger partial charge on any atom is 0.328 e. The molecule has 9 nitrogen and oxygen atoms in total. The van der Waals surface area contributed by atoms with Gasteiger partial charge >= 0.3 is 11.9 Å². The summed E-state index contributed by atoms with van der Waals surface area (Å²) in [6.45, 7) is 3.41. The number of carbonyl (C=O) groups excluding carboxylic acids is 3. The van der Waals surface area contributed by atoms with E-state index in [2.05, 4.69) is 30.6 Å². The van der Waals surface area contributed by atoms with Crippen molar-refractivity contribution in [3.8, 4) is 0 Å². The zero-order chi connectivity index (χ0) is 36.9. The molecule has 2 unspecified atom stereocenters. The van der Waals surface area contributed by atoms with Crippen LogP contribution < -0.4 is 10.6 Å². The molecule has 0 saturated heterocycles. The van der Waals surface area contributed by atoms with Crippen molar-refractivity contribution in [3.63, 3.8) is 0 Å². The molecular weight excluding hydrogens is 632 g/mol. The Morgan fingerprint density at radius 1 is 0.600 bits per heavy atom. The fraction of sp³-hybridized carbons (Fsp3) is 0.854. The predicted molar refractivity (Wildman–Crippen MR) is 204 cm³/mol. The lowest BCUT2D eigenvalue weighted by Gasteiger charge is -2.15. The zero-order valence-electron chi connectivity index (χ0n) is 32.2. The quantitative estimate of drug-likeness (QED) is 0.0286. The predicted octanol–water partition coefficient (Wildman–Crippen LogP) is 9.48. The smallest absolute Gasteiger partial charge is 0.328 e. The summed E-state index contributed by atoms with van der Waals surface area (Å²) in [4.78, 5) is 47.3. The molecule has 0 aromatic carbocycles. The van der Waals surface area contributed by atoms with Crippen LogP contribution in [0, 0.1) is 0 Å². The van der Waals surface area contributed by atoms with E-state index in [0.29, 0.717) is 12.8 Å². The number of unbranched alkanes of at least 4 members (excludes halogenated alkanes) is 23. The van der Waals surface area contributed by atoms with Crippen LogP contribution in [0.5, 0.6) is 0 Å². The van der Waals surface area contributed by atoms with E-state index in [1.54, 1.807) is 0 Å². The number of aliphatic carboxylic acids is 1. The van der Waals surface area contributed by atoms with E-state index in [0.717, 1.165) is 51.4 Å². The Morgan fingerprint density at radius 2 is 1.06 bits per heavy atom. The number of allylic oxidation sites excluding steroid dienone is 1. The van der Waals surface area contributed by atoms with Crippen LogP contribution in [0.3, 0.4) is 0 Å². The molecule has 0 saturated carbocycles. The maximum absolute atomic E-state index is 12.6. The van der Waals surface area contributed by atoms with Gasteiger partial charge in [0.05, 0.1) is 13.2 Å². The summed E-state index contributed by atoms with van der Waals surface area (Å²) in [6.07, 6.45) is 37.1. The van der Waals surface area contributed by atoms with Gasteiger partial charge in [-0.2, -0.15) is 0 Å². The fourth-order valence-electron chi connectivity index (χ4n) is 6.04. The summed E-state index contributed by atoms with van der Waals surface area (Å²) in [5, 5.41) is 22.5. The molecule has 0 aliphatic heterocycles. The third kappa shape index (κ3) is 32.8. The molecule has 4 N–H and O–H groups in total. The van der Waals surface area contributed by atoms with E-state index in [4.69, 9.17) is 14.9 Å². The van der Waals surface area contributed by atoms with Gasteiger partial charge in [0, 0.05) is 12.8 Å². The maximum atomic E-state index is 12.6. The number of aliphatic hydroxyl groups excluding tert-OH is 1. The van der Waals surface area contributed by atoms with Gasteiger partial charge in [-0.1, -0.05) is 155 Å². The molecule has 0 fully saturated rings. The summed E-state index contributed by atoms with van der Waals surface area (Å²) in [5.74, 6) is -2.39. The second-order valence-electron chi connectivity index (χ2n) is 14.1. The van der Waals surface area contributed by atoms with Gasteiger partial charge in [-0.15, -0.1) is 0 Å². The van der Waals surface area contributed by atoms with Gasteiger partial charge in [-0.25, -0.2) is 4.79 Å². The number of rotatable bonds is 37. The highest BCUT2D eigenvalue weighted by Crippen LogP contribution is 2.16. The fourth-order valence-corrected chi connectivity index (χ4v) is 6.04. The number of nitrogens with one attached hydrogen (secondary N) is 2. The van der Waals surface area contributed by atoms with E-state index >= 15 is 0 Å². The average Bonchev–Trinajstić information content (AvgIpc) is 3.10. The number of esters is 1. The van der Waals surface area contributed by atoms with Crippen molar-refractivity contribution >= 4 is 23.8 Å². The first-order valence-corrected chi connectivity index (χ1v) is 20.6. The molecule has 2 atom stereocenters. The molecule has 0 aromatic rings. The molecule has 0 rings (SSSR count). The average molecular weight is 709 g/mol. The Balaban J connectivity index is 4.02. The van der Waals surface area contributed by atoms with E-state index < -0.39 is 24.5 Å². The number of carboxylic acids is 1. The van der Waals surface area contributed by atoms with Crippen molar-refractivity contribution in [3.05, 3.63) is 12.2 Å². The Kier molecular flexibility index (Phi) is 34.6. The van der Waals surface area contributed by atoms with Crippen LogP contribution in [0.15, 0.2) is 12.2 Å². The van der Waals surface area contributed by atoms with Gasteiger partial charge < -0.3 is 25.6 Å². The Labute approximate surface area is 305 Å². The monoisotopic (exact) mass is 709 g/mol. The van der Waals surface area contributed by atoms with Crippen LogP contribution in [-0.4, -0.2) is 59.3 Å². The lowest BCUT2D eigenvalue weighted by atomic mass is 10.0. The second-order valence-corrected chi connectivity index (χ2v) is 14.1. The molecule has 0 aromatic heterocycles. The zero-order valence-corrected chi connectivity index (χ0v) is 32.2. The largest absolute Gasteiger partial charge is 0.480 e. The molecule has 0 spiro atoms. The van der Waals surface area contributed by atoms with Crippen molar-refractivity contribution in [2.75, 3.05) is 13.2 Å². The second kappa shape index (κ2) is 36.4. The van der Waals surface area contributed by atoms with Crippen molar-refractivity contribution in [2.45, 2.75) is 212 Å².